The Bertz CT molecular complexity index is 784. The van der Waals surface area contributed by atoms with Crippen LogP contribution in [0.25, 0.3) is 0 Å². The Hall–Kier alpha value is -2.34. The lowest BCUT2D eigenvalue weighted by atomic mass is 10.1. The van der Waals surface area contributed by atoms with Gasteiger partial charge >= 0.3 is 0 Å². The van der Waals surface area contributed by atoms with E-state index in [1.165, 1.54) is 0 Å². The highest BCUT2D eigenvalue weighted by Crippen LogP contribution is 2.30. The lowest BCUT2D eigenvalue weighted by Gasteiger charge is -2.18. The van der Waals surface area contributed by atoms with Crippen LogP contribution in [0, 0.1) is 6.92 Å². The van der Waals surface area contributed by atoms with Crippen molar-refractivity contribution in [3.63, 3.8) is 0 Å². The molecule has 1 N–H and O–H groups in total. The van der Waals surface area contributed by atoms with Crippen LogP contribution < -0.4 is 10.2 Å². The minimum absolute atomic E-state index is 0.0340. The van der Waals surface area contributed by atoms with E-state index >= 15 is 0 Å². The summed E-state index contributed by atoms with van der Waals surface area (Å²) in [6.45, 7) is 2.49. The zero-order chi connectivity index (χ0) is 16.6. The molecule has 2 heterocycles. The molecule has 6 nitrogen and oxygen atoms in total. The Balaban J connectivity index is 1.86. The van der Waals surface area contributed by atoms with Crippen molar-refractivity contribution >= 4 is 34.9 Å². The van der Waals surface area contributed by atoms with Gasteiger partial charge in [-0.2, -0.15) is 5.10 Å². The fourth-order valence-corrected chi connectivity index (χ4v) is 2.90. The van der Waals surface area contributed by atoms with E-state index in [0.717, 1.165) is 12.1 Å². The summed E-state index contributed by atoms with van der Waals surface area (Å²) in [7, 11) is 1.76. The van der Waals surface area contributed by atoms with Crippen molar-refractivity contribution in [3.05, 3.63) is 40.5 Å². The molecule has 23 heavy (non-hydrogen) atoms. The number of hydrogen-bond donors (Lipinski definition) is 1. The van der Waals surface area contributed by atoms with Crippen LogP contribution in [0.1, 0.15) is 28.9 Å². The van der Waals surface area contributed by atoms with Crippen molar-refractivity contribution in [1.82, 2.24) is 9.78 Å². The average molecular weight is 333 g/mol. The largest absolute Gasteiger partial charge is 0.311 e. The highest BCUT2D eigenvalue weighted by molar-refractivity contribution is 6.34. The van der Waals surface area contributed by atoms with Crippen molar-refractivity contribution in [2.75, 3.05) is 16.8 Å². The van der Waals surface area contributed by atoms with Gasteiger partial charge in [0.15, 0.2) is 0 Å². The number of rotatable bonds is 3. The van der Waals surface area contributed by atoms with Crippen molar-refractivity contribution < 1.29 is 9.59 Å². The van der Waals surface area contributed by atoms with Gasteiger partial charge in [-0.3, -0.25) is 14.3 Å². The molecule has 0 radical (unpaired) electrons. The van der Waals surface area contributed by atoms with Gasteiger partial charge in [-0.05, 0) is 31.5 Å². The van der Waals surface area contributed by atoms with Gasteiger partial charge in [0.05, 0.1) is 16.4 Å². The lowest BCUT2D eigenvalue weighted by Crippen LogP contribution is -2.24. The summed E-state index contributed by atoms with van der Waals surface area (Å²) < 4.78 is 1.61. The van der Waals surface area contributed by atoms with E-state index in [9.17, 15) is 9.59 Å². The molecule has 0 unspecified atom stereocenters. The van der Waals surface area contributed by atoms with Gasteiger partial charge in [-0.15, -0.1) is 0 Å². The number of benzene rings is 1. The van der Waals surface area contributed by atoms with E-state index in [0.29, 0.717) is 35.1 Å². The topological polar surface area (TPSA) is 67.2 Å². The van der Waals surface area contributed by atoms with E-state index in [-0.39, 0.29) is 11.8 Å². The van der Waals surface area contributed by atoms with Crippen LogP contribution in [0.3, 0.4) is 0 Å². The fourth-order valence-electron chi connectivity index (χ4n) is 2.68. The SMILES string of the molecule is Cc1cc(NC(=O)c2ccc(Cl)c(N3CCCC3=O)c2)n(C)n1. The van der Waals surface area contributed by atoms with Crippen molar-refractivity contribution in [2.24, 2.45) is 7.05 Å². The molecule has 0 aliphatic carbocycles. The molecule has 1 aromatic heterocycles. The van der Waals surface area contributed by atoms with Crippen molar-refractivity contribution in [2.45, 2.75) is 19.8 Å². The highest BCUT2D eigenvalue weighted by Gasteiger charge is 2.24. The summed E-state index contributed by atoms with van der Waals surface area (Å²) in [4.78, 5) is 26.0. The van der Waals surface area contributed by atoms with Gasteiger partial charge in [0.25, 0.3) is 5.91 Å². The molecule has 1 saturated heterocycles. The van der Waals surface area contributed by atoms with Gasteiger partial charge in [-0.1, -0.05) is 11.6 Å². The Morgan fingerprint density at radius 3 is 2.74 bits per heavy atom. The zero-order valence-corrected chi connectivity index (χ0v) is 13.7. The van der Waals surface area contributed by atoms with Crippen LogP contribution in [-0.2, 0) is 11.8 Å². The van der Waals surface area contributed by atoms with Crippen LogP contribution in [-0.4, -0.2) is 28.1 Å². The first kappa shape index (κ1) is 15.6. The normalized spacial score (nSPS) is 14.4. The van der Waals surface area contributed by atoms with Gasteiger partial charge in [0.2, 0.25) is 5.91 Å². The molecular weight excluding hydrogens is 316 g/mol. The summed E-state index contributed by atoms with van der Waals surface area (Å²) in [5.74, 6) is 0.380. The maximum absolute atomic E-state index is 12.4. The molecule has 0 saturated carbocycles. The molecule has 2 aromatic rings. The van der Waals surface area contributed by atoms with Gasteiger partial charge in [-0.25, -0.2) is 0 Å². The van der Waals surface area contributed by atoms with Crippen LogP contribution in [0.15, 0.2) is 24.3 Å². The van der Waals surface area contributed by atoms with Crippen molar-refractivity contribution in [3.8, 4) is 0 Å². The molecule has 1 aliphatic rings. The maximum atomic E-state index is 12.4. The van der Waals surface area contributed by atoms with Crippen LogP contribution in [0.5, 0.6) is 0 Å². The summed E-state index contributed by atoms with van der Waals surface area (Å²) in [5, 5.41) is 7.47. The van der Waals surface area contributed by atoms with E-state index in [2.05, 4.69) is 10.4 Å². The number of nitrogens with one attached hydrogen (secondary N) is 1. The summed E-state index contributed by atoms with van der Waals surface area (Å²) >= 11 is 6.20. The second-order valence-electron chi connectivity index (χ2n) is 5.56. The number of anilines is 2. The number of hydrogen-bond acceptors (Lipinski definition) is 3. The first-order chi connectivity index (χ1) is 11.0. The second-order valence-corrected chi connectivity index (χ2v) is 5.97. The van der Waals surface area contributed by atoms with Crippen molar-refractivity contribution in [1.29, 1.82) is 0 Å². The third-order valence-corrected chi connectivity index (χ3v) is 4.14. The highest BCUT2D eigenvalue weighted by atomic mass is 35.5. The second kappa shape index (κ2) is 6.04. The molecular formula is C16H17ClN4O2. The average Bonchev–Trinajstić information content (AvgIpc) is 3.05. The third-order valence-electron chi connectivity index (χ3n) is 3.82. The Kier molecular flexibility index (Phi) is 4.09. The monoisotopic (exact) mass is 332 g/mol. The third kappa shape index (κ3) is 3.07. The number of aryl methyl sites for hydroxylation is 2. The van der Waals surface area contributed by atoms with Crippen LogP contribution >= 0.6 is 11.6 Å². The van der Waals surface area contributed by atoms with E-state index in [4.69, 9.17) is 11.6 Å². The predicted octanol–water partition coefficient (Wildman–Crippen LogP) is 2.76. The number of nitrogens with zero attached hydrogens (tertiary/aromatic N) is 3. The van der Waals surface area contributed by atoms with Gasteiger partial charge in [0, 0.05) is 31.6 Å². The summed E-state index contributed by atoms with van der Waals surface area (Å²) in [5.41, 5.74) is 1.85. The number of halogens is 1. The number of carbonyl (C=O) groups excluding carboxylic acids is 2. The van der Waals surface area contributed by atoms with Gasteiger partial charge in [0.1, 0.15) is 5.82 Å². The molecule has 1 fully saturated rings. The molecule has 120 valence electrons. The molecule has 3 rings (SSSR count). The molecule has 0 atom stereocenters. The van der Waals surface area contributed by atoms with E-state index in [1.54, 1.807) is 40.9 Å². The molecule has 1 aliphatic heterocycles. The summed E-state index contributed by atoms with van der Waals surface area (Å²) in [6, 6.07) is 6.74. The smallest absolute Gasteiger partial charge is 0.256 e. The van der Waals surface area contributed by atoms with Crippen LogP contribution in [0.4, 0.5) is 11.5 Å². The maximum Gasteiger partial charge on any atom is 0.256 e. The standard InChI is InChI=1S/C16H17ClN4O2/c1-10-8-14(20(2)19-10)18-16(23)11-5-6-12(17)13(9-11)21-7-3-4-15(21)22/h5-6,8-9H,3-4,7H2,1-2H3,(H,18,23). The minimum atomic E-state index is -0.266. The molecule has 1 aromatic carbocycles. The molecule has 7 heteroatoms. The molecule has 0 spiro atoms. The first-order valence-corrected chi connectivity index (χ1v) is 7.75. The number of amides is 2. The Morgan fingerprint density at radius 1 is 1.35 bits per heavy atom. The fraction of sp³-hybridized carbons (Fsp3) is 0.312. The molecule has 2 amide bonds. The Labute approximate surface area is 139 Å². The predicted molar refractivity (Wildman–Crippen MR) is 88.9 cm³/mol. The quantitative estimate of drug-likeness (QED) is 0.939. The minimum Gasteiger partial charge on any atom is -0.311 e. The number of carbonyl (C=O) groups is 2. The zero-order valence-electron chi connectivity index (χ0n) is 13.0. The first-order valence-electron chi connectivity index (χ1n) is 7.37. The van der Waals surface area contributed by atoms with Gasteiger partial charge < -0.3 is 10.2 Å². The Morgan fingerprint density at radius 2 is 2.13 bits per heavy atom. The lowest BCUT2D eigenvalue weighted by molar-refractivity contribution is -0.117. The van der Waals surface area contributed by atoms with E-state index < -0.39 is 0 Å². The van der Waals surface area contributed by atoms with E-state index in [1.807, 2.05) is 6.92 Å². The number of aromatic nitrogens is 2. The summed E-state index contributed by atoms with van der Waals surface area (Å²) in [6.07, 6.45) is 1.32. The molecule has 0 bridgehead atoms. The van der Waals surface area contributed by atoms with Crippen LogP contribution in [0.2, 0.25) is 5.02 Å².